The topological polar surface area (TPSA) is 22.1 Å². The number of aryl methyl sites for hydroxylation is 1. The number of aromatic nitrogens is 1. The summed E-state index contributed by atoms with van der Waals surface area (Å²) in [6, 6.07) is 0.475. The van der Waals surface area contributed by atoms with Crippen LogP contribution < -0.4 is 4.74 Å². The normalized spacial score (nSPS) is 11.6. The molecule has 0 aliphatic heterocycles. The molecule has 1 aromatic rings. The second kappa shape index (κ2) is 3.61. The van der Waals surface area contributed by atoms with Gasteiger partial charge in [-0.25, -0.2) is 9.37 Å². The highest BCUT2D eigenvalue weighted by Gasteiger charge is 2.32. The van der Waals surface area contributed by atoms with Crippen LogP contribution in [0.25, 0.3) is 0 Å². The Morgan fingerprint density at radius 3 is 2.43 bits per heavy atom. The Kier molecular flexibility index (Phi) is 2.84. The standard InChI is InChI=1S/C7H4ClF4NO/c1-3-6(8)4(9)2-5(13-3)14-7(10,11)12/h2H,1H3. The van der Waals surface area contributed by atoms with E-state index in [9.17, 15) is 17.6 Å². The van der Waals surface area contributed by atoms with Crippen molar-refractivity contribution in [2.45, 2.75) is 13.3 Å². The number of pyridine rings is 1. The van der Waals surface area contributed by atoms with Gasteiger partial charge in [-0.05, 0) is 6.92 Å². The number of ether oxygens (including phenoxy) is 1. The first kappa shape index (κ1) is 11.0. The zero-order valence-electron chi connectivity index (χ0n) is 6.82. The largest absolute Gasteiger partial charge is 0.574 e. The molecule has 1 rings (SSSR count). The van der Waals surface area contributed by atoms with Gasteiger partial charge in [0.2, 0.25) is 5.88 Å². The summed E-state index contributed by atoms with van der Waals surface area (Å²) in [5, 5.41) is -0.320. The van der Waals surface area contributed by atoms with Crippen LogP contribution in [0.2, 0.25) is 5.02 Å². The van der Waals surface area contributed by atoms with Crippen molar-refractivity contribution < 1.29 is 22.3 Å². The summed E-state index contributed by atoms with van der Waals surface area (Å²) in [5.41, 5.74) is -0.0640. The van der Waals surface area contributed by atoms with Crippen molar-refractivity contribution in [3.05, 3.63) is 22.6 Å². The lowest BCUT2D eigenvalue weighted by molar-refractivity contribution is -0.276. The molecular formula is C7H4ClF4NO. The minimum absolute atomic E-state index is 0.0640. The van der Waals surface area contributed by atoms with Crippen LogP contribution in [0.1, 0.15) is 5.69 Å². The molecule has 0 bridgehead atoms. The lowest BCUT2D eigenvalue weighted by Crippen LogP contribution is -2.18. The maximum Gasteiger partial charge on any atom is 0.574 e. The van der Waals surface area contributed by atoms with Crippen molar-refractivity contribution in [1.29, 1.82) is 0 Å². The van der Waals surface area contributed by atoms with Gasteiger partial charge in [-0.15, -0.1) is 13.2 Å². The number of rotatable bonds is 1. The predicted octanol–water partition coefficient (Wildman–Crippen LogP) is 3.08. The molecule has 2 nitrogen and oxygen atoms in total. The van der Waals surface area contributed by atoms with Crippen molar-refractivity contribution in [3.63, 3.8) is 0 Å². The first-order chi connectivity index (χ1) is 6.29. The molecule has 0 aromatic carbocycles. The van der Waals surface area contributed by atoms with E-state index in [2.05, 4.69) is 9.72 Å². The minimum Gasteiger partial charge on any atom is -0.388 e. The van der Waals surface area contributed by atoms with Gasteiger partial charge in [-0.1, -0.05) is 11.6 Å². The molecule has 0 spiro atoms. The van der Waals surface area contributed by atoms with E-state index in [1.807, 2.05) is 0 Å². The molecule has 0 aliphatic rings. The maximum atomic E-state index is 12.8. The Bertz CT molecular complexity index is 329. The molecule has 1 heterocycles. The summed E-state index contributed by atoms with van der Waals surface area (Å²) in [4.78, 5) is 3.30. The highest BCUT2D eigenvalue weighted by atomic mass is 35.5. The van der Waals surface area contributed by atoms with E-state index in [1.165, 1.54) is 6.92 Å². The van der Waals surface area contributed by atoms with E-state index in [-0.39, 0.29) is 10.7 Å². The van der Waals surface area contributed by atoms with Gasteiger partial charge in [0.15, 0.2) is 0 Å². The van der Waals surface area contributed by atoms with Crippen molar-refractivity contribution >= 4 is 11.6 Å². The van der Waals surface area contributed by atoms with Crippen molar-refractivity contribution in [2.24, 2.45) is 0 Å². The molecular weight excluding hydrogens is 226 g/mol. The van der Waals surface area contributed by atoms with Gasteiger partial charge in [0, 0.05) is 6.07 Å². The molecule has 0 N–H and O–H groups in total. The third kappa shape index (κ3) is 2.73. The molecule has 0 amide bonds. The number of hydrogen-bond donors (Lipinski definition) is 0. The van der Waals surface area contributed by atoms with Gasteiger partial charge in [0.25, 0.3) is 0 Å². The van der Waals surface area contributed by atoms with Crippen LogP contribution in [0.4, 0.5) is 17.6 Å². The molecule has 0 saturated carbocycles. The van der Waals surface area contributed by atoms with Crippen LogP contribution in [-0.2, 0) is 0 Å². The fourth-order valence-electron chi connectivity index (χ4n) is 0.762. The molecule has 1 aromatic heterocycles. The average molecular weight is 230 g/mol. The third-order valence-corrected chi connectivity index (χ3v) is 1.73. The van der Waals surface area contributed by atoms with Crippen molar-refractivity contribution in [3.8, 4) is 5.88 Å². The van der Waals surface area contributed by atoms with Gasteiger partial charge in [0.1, 0.15) is 5.82 Å². The van der Waals surface area contributed by atoms with Crippen LogP contribution in [-0.4, -0.2) is 11.3 Å². The lowest BCUT2D eigenvalue weighted by Gasteiger charge is -2.08. The van der Waals surface area contributed by atoms with Crippen LogP contribution >= 0.6 is 11.6 Å². The van der Waals surface area contributed by atoms with Gasteiger partial charge < -0.3 is 4.74 Å². The number of hydrogen-bond acceptors (Lipinski definition) is 2. The van der Waals surface area contributed by atoms with Gasteiger partial charge in [-0.3, -0.25) is 0 Å². The molecule has 0 unspecified atom stereocenters. The molecule has 0 aliphatic carbocycles. The van der Waals surface area contributed by atoms with Gasteiger partial charge in [-0.2, -0.15) is 0 Å². The van der Waals surface area contributed by atoms with E-state index >= 15 is 0 Å². The highest BCUT2D eigenvalue weighted by molar-refractivity contribution is 6.31. The summed E-state index contributed by atoms with van der Waals surface area (Å²) >= 11 is 5.35. The zero-order chi connectivity index (χ0) is 10.9. The fraction of sp³-hybridized carbons (Fsp3) is 0.286. The van der Waals surface area contributed by atoms with Crippen LogP contribution in [0.3, 0.4) is 0 Å². The molecule has 78 valence electrons. The molecule has 0 atom stereocenters. The predicted molar refractivity (Wildman–Crippen MR) is 40.6 cm³/mol. The van der Waals surface area contributed by atoms with E-state index < -0.39 is 18.1 Å². The minimum atomic E-state index is -4.89. The summed E-state index contributed by atoms with van der Waals surface area (Å²) in [5.74, 6) is -1.87. The Hall–Kier alpha value is -1.04. The second-order valence-corrected chi connectivity index (χ2v) is 2.77. The maximum absolute atomic E-state index is 12.8. The number of alkyl halides is 3. The molecule has 0 fully saturated rings. The van der Waals surface area contributed by atoms with Crippen LogP contribution in [0.15, 0.2) is 6.07 Å². The highest BCUT2D eigenvalue weighted by Crippen LogP contribution is 2.25. The van der Waals surface area contributed by atoms with Crippen molar-refractivity contribution in [1.82, 2.24) is 4.98 Å². The first-order valence-corrected chi connectivity index (χ1v) is 3.76. The van der Waals surface area contributed by atoms with Gasteiger partial charge >= 0.3 is 6.36 Å². The van der Waals surface area contributed by atoms with E-state index in [0.717, 1.165) is 0 Å². The lowest BCUT2D eigenvalue weighted by atomic mass is 10.3. The van der Waals surface area contributed by atoms with Gasteiger partial charge in [0.05, 0.1) is 10.7 Å². The molecule has 0 saturated heterocycles. The summed E-state index contributed by atoms with van der Waals surface area (Å²) in [7, 11) is 0. The third-order valence-electron chi connectivity index (χ3n) is 1.28. The SMILES string of the molecule is Cc1nc(OC(F)(F)F)cc(F)c1Cl. The van der Waals surface area contributed by atoms with Crippen molar-refractivity contribution in [2.75, 3.05) is 0 Å². The number of nitrogens with zero attached hydrogens (tertiary/aromatic N) is 1. The first-order valence-electron chi connectivity index (χ1n) is 3.38. The Morgan fingerprint density at radius 2 is 2.00 bits per heavy atom. The second-order valence-electron chi connectivity index (χ2n) is 2.39. The Morgan fingerprint density at radius 1 is 1.43 bits per heavy atom. The molecule has 14 heavy (non-hydrogen) atoms. The Labute approximate surface area is 81.5 Å². The van der Waals surface area contributed by atoms with Crippen LogP contribution in [0, 0.1) is 12.7 Å². The Balaban J connectivity index is 3.02. The number of halogens is 5. The van der Waals surface area contributed by atoms with E-state index in [0.29, 0.717) is 6.07 Å². The van der Waals surface area contributed by atoms with E-state index in [1.54, 1.807) is 0 Å². The smallest absolute Gasteiger partial charge is 0.388 e. The summed E-state index contributed by atoms with van der Waals surface area (Å²) in [6.45, 7) is 1.27. The summed E-state index contributed by atoms with van der Waals surface area (Å²) in [6.07, 6.45) is -4.89. The van der Waals surface area contributed by atoms with E-state index in [4.69, 9.17) is 11.6 Å². The zero-order valence-corrected chi connectivity index (χ0v) is 7.58. The molecule has 7 heteroatoms. The fourth-order valence-corrected chi connectivity index (χ4v) is 0.859. The molecule has 0 radical (unpaired) electrons. The average Bonchev–Trinajstić information content (AvgIpc) is 1.96. The monoisotopic (exact) mass is 229 g/mol. The van der Waals surface area contributed by atoms with Crippen LogP contribution in [0.5, 0.6) is 5.88 Å². The quantitative estimate of drug-likeness (QED) is 0.691. The summed E-state index contributed by atoms with van der Waals surface area (Å²) < 4.78 is 51.3.